The Labute approximate surface area is 70.2 Å². The number of ketones is 1. The Hall–Kier alpha value is -0.900. The second-order valence-corrected chi connectivity index (χ2v) is 3.58. The Balaban J connectivity index is 2.32. The first-order chi connectivity index (χ1) is 5.65. The Morgan fingerprint density at radius 3 is 2.92 bits per heavy atom. The van der Waals surface area contributed by atoms with Gasteiger partial charge in [-0.2, -0.15) is 0 Å². The maximum absolute atomic E-state index is 11.1. The van der Waals surface area contributed by atoms with E-state index in [0.717, 1.165) is 13.0 Å². The molecule has 12 heavy (non-hydrogen) atoms. The maximum Gasteiger partial charge on any atom is 0.324 e. The van der Waals surface area contributed by atoms with Crippen LogP contribution in [0.5, 0.6) is 0 Å². The van der Waals surface area contributed by atoms with Gasteiger partial charge >= 0.3 is 5.97 Å². The van der Waals surface area contributed by atoms with Crippen LogP contribution in [0.1, 0.15) is 19.3 Å². The van der Waals surface area contributed by atoms with Crippen molar-refractivity contribution in [3.8, 4) is 0 Å². The molecule has 1 atom stereocenters. The van der Waals surface area contributed by atoms with Crippen molar-refractivity contribution in [3.63, 3.8) is 0 Å². The van der Waals surface area contributed by atoms with Crippen LogP contribution >= 0.6 is 0 Å². The fourth-order valence-electron chi connectivity index (χ4n) is 2.28. The van der Waals surface area contributed by atoms with E-state index < -0.39 is 11.5 Å². The number of rotatable bonds is 1. The molecule has 66 valence electrons. The summed E-state index contributed by atoms with van der Waals surface area (Å²) in [5, 5.41) is 9.00. The van der Waals surface area contributed by atoms with Gasteiger partial charge in [-0.3, -0.25) is 14.5 Å². The molecule has 0 aromatic carbocycles. The van der Waals surface area contributed by atoms with Crippen molar-refractivity contribution in [2.75, 3.05) is 13.1 Å². The van der Waals surface area contributed by atoms with Crippen LogP contribution in [0.25, 0.3) is 0 Å². The molecule has 2 aliphatic rings. The minimum atomic E-state index is -0.828. The molecule has 4 heteroatoms. The Bertz CT molecular complexity index is 251. The van der Waals surface area contributed by atoms with E-state index in [0.29, 0.717) is 13.0 Å². The molecule has 1 N–H and O–H groups in total. The fourth-order valence-corrected chi connectivity index (χ4v) is 2.28. The van der Waals surface area contributed by atoms with Crippen LogP contribution in [-0.2, 0) is 9.59 Å². The van der Waals surface area contributed by atoms with E-state index in [-0.39, 0.29) is 12.2 Å². The van der Waals surface area contributed by atoms with Crippen LogP contribution in [0.4, 0.5) is 0 Å². The molecule has 2 saturated heterocycles. The molecular weight excluding hydrogens is 158 g/mol. The summed E-state index contributed by atoms with van der Waals surface area (Å²) < 4.78 is 0. The monoisotopic (exact) mass is 169 g/mol. The van der Waals surface area contributed by atoms with Crippen LogP contribution in [0.3, 0.4) is 0 Å². The topological polar surface area (TPSA) is 57.6 Å². The fraction of sp³-hybridized carbons (Fsp3) is 0.750. The largest absolute Gasteiger partial charge is 0.480 e. The second kappa shape index (κ2) is 2.29. The van der Waals surface area contributed by atoms with E-state index in [1.807, 2.05) is 0 Å². The highest BCUT2D eigenvalue weighted by atomic mass is 16.4. The lowest BCUT2D eigenvalue weighted by molar-refractivity contribution is -0.148. The Morgan fingerprint density at radius 1 is 1.58 bits per heavy atom. The van der Waals surface area contributed by atoms with E-state index in [9.17, 15) is 9.59 Å². The first kappa shape index (κ1) is 7.73. The van der Waals surface area contributed by atoms with Gasteiger partial charge in [-0.15, -0.1) is 0 Å². The standard InChI is InChI=1S/C8H11NO3/c10-6-4-8(7(11)12)2-1-3-9(8)5-6/h1-5H2,(H,11,12)/t8-/m0/s1. The number of fused-ring (bicyclic) bond motifs is 1. The molecule has 0 bridgehead atoms. The Morgan fingerprint density at radius 2 is 2.33 bits per heavy atom. The number of carbonyl (C=O) groups excluding carboxylic acids is 1. The van der Waals surface area contributed by atoms with Gasteiger partial charge in [0.2, 0.25) is 0 Å². The summed E-state index contributed by atoms with van der Waals surface area (Å²) in [6, 6.07) is 0. The maximum atomic E-state index is 11.1. The second-order valence-electron chi connectivity index (χ2n) is 3.58. The normalized spacial score (nSPS) is 35.5. The predicted octanol–water partition coefficient (Wildman–Crippen LogP) is -0.122. The molecule has 4 nitrogen and oxygen atoms in total. The van der Waals surface area contributed by atoms with Gasteiger partial charge in [0.05, 0.1) is 6.54 Å². The van der Waals surface area contributed by atoms with Crippen molar-refractivity contribution in [2.24, 2.45) is 0 Å². The van der Waals surface area contributed by atoms with E-state index in [1.54, 1.807) is 4.90 Å². The summed E-state index contributed by atoms with van der Waals surface area (Å²) in [5.41, 5.74) is -0.822. The molecule has 2 heterocycles. The molecule has 0 aromatic heterocycles. The molecule has 0 unspecified atom stereocenters. The van der Waals surface area contributed by atoms with Crippen molar-refractivity contribution >= 4 is 11.8 Å². The van der Waals surface area contributed by atoms with Crippen LogP contribution in [-0.4, -0.2) is 40.4 Å². The zero-order chi connectivity index (χ0) is 8.77. The van der Waals surface area contributed by atoms with Crippen LogP contribution in [0.2, 0.25) is 0 Å². The molecule has 0 radical (unpaired) electrons. The van der Waals surface area contributed by atoms with E-state index in [4.69, 9.17) is 5.11 Å². The summed E-state index contributed by atoms with van der Waals surface area (Å²) in [4.78, 5) is 23.8. The molecule has 0 aliphatic carbocycles. The van der Waals surface area contributed by atoms with Gasteiger partial charge in [-0.05, 0) is 19.4 Å². The molecular formula is C8H11NO3. The lowest BCUT2D eigenvalue weighted by Crippen LogP contribution is -2.45. The third kappa shape index (κ3) is 0.813. The van der Waals surface area contributed by atoms with Gasteiger partial charge < -0.3 is 5.11 Å². The van der Waals surface area contributed by atoms with E-state index in [1.165, 1.54) is 0 Å². The summed E-state index contributed by atoms with van der Waals surface area (Å²) in [7, 11) is 0. The number of Topliss-reactive ketones (excluding diaryl/α,β-unsaturated/α-hetero) is 1. The number of carboxylic acids is 1. The van der Waals surface area contributed by atoms with Crippen molar-refractivity contribution in [3.05, 3.63) is 0 Å². The van der Waals surface area contributed by atoms with E-state index in [2.05, 4.69) is 0 Å². The highest BCUT2D eigenvalue weighted by molar-refractivity contribution is 5.94. The molecule has 0 aromatic rings. The third-order valence-electron chi connectivity index (χ3n) is 2.88. The zero-order valence-corrected chi connectivity index (χ0v) is 6.75. The highest BCUT2D eigenvalue weighted by Gasteiger charge is 2.53. The molecule has 0 amide bonds. The molecule has 0 spiro atoms. The zero-order valence-electron chi connectivity index (χ0n) is 6.75. The van der Waals surface area contributed by atoms with Gasteiger partial charge in [0.15, 0.2) is 0 Å². The van der Waals surface area contributed by atoms with Crippen LogP contribution < -0.4 is 0 Å². The Kier molecular flexibility index (Phi) is 1.48. The smallest absolute Gasteiger partial charge is 0.324 e. The first-order valence-electron chi connectivity index (χ1n) is 4.15. The third-order valence-corrected chi connectivity index (χ3v) is 2.88. The average molecular weight is 169 g/mol. The number of carboxylic acid groups (broad SMARTS) is 1. The molecule has 2 rings (SSSR count). The van der Waals surface area contributed by atoms with Crippen molar-refractivity contribution < 1.29 is 14.7 Å². The number of nitrogens with zero attached hydrogens (tertiary/aromatic N) is 1. The van der Waals surface area contributed by atoms with E-state index >= 15 is 0 Å². The average Bonchev–Trinajstić information content (AvgIpc) is 2.42. The summed E-state index contributed by atoms with van der Waals surface area (Å²) in [6.45, 7) is 1.10. The van der Waals surface area contributed by atoms with Crippen LogP contribution in [0.15, 0.2) is 0 Å². The van der Waals surface area contributed by atoms with Gasteiger partial charge in [-0.25, -0.2) is 0 Å². The number of aliphatic carboxylic acids is 1. The molecule has 0 saturated carbocycles. The number of hydrogen-bond donors (Lipinski definition) is 1. The lowest BCUT2D eigenvalue weighted by atomic mass is 9.94. The molecule has 2 aliphatic heterocycles. The lowest BCUT2D eigenvalue weighted by Gasteiger charge is -2.25. The predicted molar refractivity (Wildman–Crippen MR) is 40.8 cm³/mol. The highest BCUT2D eigenvalue weighted by Crippen LogP contribution is 2.37. The summed E-state index contributed by atoms with van der Waals surface area (Å²) in [5.74, 6) is -0.761. The van der Waals surface area contributed by atoms with Gasteiger partial charge in [0.1, 0.15) is 11.3 Å². The van der Waals surface area contributed by atoms with Gasteiger partial charge in [0, 0.05) is 6.42 Å². The number of carbonyl (C=O) groups is 2. The minimum Gasteiger partial charge on any atom is -0.480 e. The van der Waals surface area contributed by atoms with Crippen LogP contribution in [0, 0.1) is 0 Å². The van der Waals surface area contributed by atoms with Crippen molar-refractivity contribution in [2.45, 2.75) is 24.8 Å². The van der Waals surface area contributed by atoms with Crippen molar-refractivity contribution in [1.29, 1.82) is 0 Å². The number of hydrogen-bond acceptors (Lipinski definition) is 3. The summed E-state index contributed by atoms with van der Waals surface area (Å²) >= 11 is 0. The first-order valence-corrected chi connectivity index (χ1v) is 4.15. The van der Waals surface area contributed by atoms with Gasteiger partial charge in [-0.1, -0.05) is 0 Å². The summed E-state index contributed by atoms with van der Waals surface area (Å²) in [6.07, 6.45) is 1.75. The SMILES string of the molecule is O=C1CN2CCC[C@@]2(C(=O)O)C1. The quantitative estimate of drug-likeness (QED) is 0.594. The van der Waals surface area contributed by atoms with Crippen molar-refractivity contribution in [1.82, 2.24) is 4.90 Å². The molecule has 2 fully saturated rings. The van der Waals surface area contributed by atoms with Gasteiger partial charge in [0.25, 0.3) is 0 Å². The minimum absolute atomic E-state index is 0.0668.